The van der Waals surface area contributed by atoms with Gasteiger partial charge in [-0.1, -0.05) is 53.5 Å². The van der Waals surface area contributed by atoms with E-state index in [4.69, 9.17) is 23.2 Å². The van der Waals surface area contributed by atoms with E-state index in [0.717, 1.165) is 0 Å². The Morgan fingerprint density at radius 2 is 1.77 bits per heavy atom. The second-order valence-electron chi connectivity index (χ2n) is 5.29. The highest BCUT2D eigenvalue weighted by Gasteiger charge is 2.20. The third-order valence-electron chi connectivity index (χ3n) is 3.51. The quantitative estimate of drug-likeness (QED) is 0.859. The van der Waals surface area contributed by atoms with Gasteiger partial charge in [0.15, 0.2) is 6.04 Å². The lowest BCUT2D eigenvalue weighted by molar-refractivity contribution is -0.709. The lowest BCUT2D eigenvalue weighted by Gasteiger charge is -2.17. The molecular formula is C17H19Cl2N2O+. The van der Waals surface area contributed by atoms with Crippen molar-refractivity contribution in [3.05, 3.63) is 64.1 Å². The molecule has 0 aliphatic rings. The summed E-state index contributed by atoms with van der Waals surface area (Å²) in [6, 6.07) is 15.1. The zero-order chi connectivity index (χ0) is 16.1. The number of benzene rings is 2. The van der Waals surface area contributed by atoms with E-state index in [9.17, 15) is 4.79 Å². The highest BCUT2D eigenvalue weighted by atomic mass is 35.5. The fourth-order valence-corrected chi connectivity index (χ4v) is 2.68. The molecule has 2 rings (SSSR count). The molecule has 0 heterocycles. The van der Waals surface area contributed by atoms with E-state index in [2.05, 4.69) is 24.4 Å². The number of halogens is 2. The number of rotatable bonds is 5. The van der Waals surface area contributed by atoms with Gasteiger partial charge in [-0.15, -0.1) is 0 Å². The summed E-state index contributed by atoms with van der Waals surface area (Å²) >= 11 is 11.9. The molecule has 0 unspecified atom stereocenters. The molecule has 0 radical (unpaired) electrons. The van der Waals surface area contributed by atoms with Crippen LogP contribution in [-0.4, -0.2) is 11.9 Å². The summed E-state index contributed by atoms with van der Waals surface area (Å²) in [7, 11) is 0. The summed E-state index contributed by atoms with van der Waals surface area (Å²) in [4.78, 5) is 12.3. The maximum Gasteiger partial charge on any atom is 0.282 e. The highest BCUT2D eigenvalue weighted by molar-refractivity contribution is 6.36. The summed E-state index contributed by atoms with van der Waals surface area (Å²) in [6.07, 6.45) is 0. The van der Waals surface area contributed by atoms with Crippen LogP contribution in [0, 0.1) is 0 Å². The number of nitrogens with two attached hydrogens (primary N) is 1. The number of carbonyl (C=O) groups is 1. The van der Waals surface area contributed by atoms with Crippen LogP contribution in [0.4, 0.5) is 5.69 Å². The minimum atomic E-state index is -0.234. The number of hydrogen-bond donors (Lipinski definition) is 2. The molecule has 116 valence electrons. The van der Waals surface area contributed by atoms with E-state index < -0.39 is 0 Å². The molecule has 3 nitrogen and oxygen atoms in total. The number of nitrogens with one attached hydrogen (secondary N) is 1. The second kappa shape index (κ2) is 7.63. The van der Waals surface area contributed by atoms with Crippen LogP contribution in [0.2, 0.25) is 10.0 Å². The van der Waals surface area contributed by atoms with Crippen LogP contribution in [0.15, 0.2) is 48.5 Å². The Morgan fingerprint density at radius 1 is 1.09 bits per heavy atom. The Labute approximate surface area is 140 Å². The minimum absolute atomic E-state index is 0.0907. The fraction of sp³-hybridized carbons (Fsp3) is 0.235. The van der Waals surface area contributed by atoms with Gasteiger partial charge in [-0.25, -0.2) is 0 Å². The molecule has 1 amide bonds. The van der Waals surface area contributed by atoms with Gasteiger partial charge < -0.3 is 10.6 Å². The van der Waals surface area contributed by atoms with Crippen LogP contribution in [0.25, 0.3) is 0 Å². The smallest absolute Gasteiger partial charge is 0.282 e. The SMILES string of the molecule is C[C@@H]([NH2+][C@H](C)c1ccccc1)C(=O)Nc1ccc(Cl)cc1Cl. The molecular weight excluding hydrogens is 319 g/mol. The minimum Gasteiger partial charge on any atom is -0.330 e. The zero-order valence-electron chi connectivity index (χ0n) is 12.5. The van der Waals surface area contributed by atoms with Crippen LogP contribution in [0.5, 0.6) is 0 Å². The molecule has 0 fully saturated rings. The van der Waals surface area contributed by atoms with Gasteiger partial charge in [0.1, 0.15) is 6.04 Å². The predicted molar refractivity (Wildman–Crippen MR) is 91.3 cm³/mol. The molecule has 0 aliphatic heterocycles. The Bertz CT molecular complexity index is 646. The van der Waals surface area contributed by atoms with Crippen LogP contribution >= 0.6 is 23.2 Å². The number of quaternary nitrogens is 1. The normalized spacial score (nSPS) is 13.5. The van der Waals surface area contributed by atoms with Gasteiger partial charge >= 0.3 is 0 Å². The maximum absolute atomic E-state index is 12.3. The van der Waals surface area contributed by atoms with Crippen molar-refractivity contribution in [3.8, 4) is 0 Å². The molecule has 0 bridgehead atoms. The Balaban J connectivity index is 1.97. The van der Waals surface area contributed by atoms with Crippen molar-refractivity contribution < 1.29 is 10.1 Å². The van der Waals surface area contributed by atoms with Gasteiger partial charge in [0.25, 0.3) is 5.91 Å². The second-order valence-corrected chi connectivity index (χ2v) is 6.14. The van der Waals surface area contributed by atoms with Crippen LogP contribution < -0.4 is 10.6 Å². The molecule has 0 spiro atoms. The van der Waals surface area contributed by atoms with Gasteiger partial charge in [0.05, 0.1) is 10.7 Å². The van der Waals surface area contributed by atoms with Crippen LogP contribution in [0.1, 0.15) is 25.5 Å². The lowest BCUT2D eigenvalue weighted by Crippen LogP contribution is -2.91. The summed E-state index contributed by atoms with van der Waals surface area (Å²) in [5, 5.41) is 5.83. The summed E-state index contributed by atoms with van der Waals surface area (Å²) in [5.41, 5.74) is 1.76. The van der Waals surface area contributed by atoms with Crippen molar-refractivity contribution in [2.75, 3.05) is 5.32 Å². The summed E-state index contributed by atoms with van der Waals surface area (Å²) in [5.74, 6) is -0.0907. The van der Waals surface area contributed by atoms with E-state index in [1.54, 1.807) is 18.2 Å². The third-order valence-corrected chi connectivity index (χ3v) is 4.05. The first-order valence-electron chi connectivity index (χ1n) is 7.13. The first kappa shape index (κ1) is 16.8. The van der Waals surface area contributed by atoms with Crippen molar-refractivity contribution >= 4 is 34.8 Å². The first-order valence-corrected chi connectivity index (χ1v) is 7.89. The van der Waals surface area contributed by atoms with Crippen molar-refractivity contribution in [1.82, 2.24) is 0 Å². The van der Waals surface area contributed by atoms with Crippen molar-refractivity contribution in [2.24, 2.45) is 0 Å². The number of carbonyl (C=O) groups excluding carboxylic acids is 1. The van der Waals surface area contributed by atoms with E-state index in [1.807, 2.05) is 30.4 Å². The van der Waals surface area contributed by atoms with Crippen molar-refractivity contribution in [2.45, 2.75) is 25.9 Å². The van der Waals surface area contributed by atoms with Crippen LogP contribution in [-0.2, 0) is 4.79 Å². The van der Waals surface area contributed by atoms with Gasteiger partial charge in [-0.2, -0.15) is 0 Å². The van der Waals surface area contributed by atoms with E-state index in [0.29, 0.717) is 15.7 Å². The Morgan fingerprint density at radius 3 is 2.41 bits per heavy atom. The topological polar surface area (TPSA) is 45.7 Å². The van der Waals surface area contributed by atoms with Crippen molar-refractivity contribution in [1.29, 1.82) is 0 Å². The predicted octanol–water partition coefficient (Wildman–Crippen LogP) is 3.65. The monoisotopic (exact) mass is 337 g/mol. The van der Waals surface area contributed by atoms with Gasteiger partial charge in [0.2, 0.25) is 0 Å². The van der Waals surface area contributed by atoms with Crippen LogP contribution in [0.3, 0.4) is 0 Å². The standard InChI is InChI=1S/C17H18Cl2N2O/c1-11(13-6-4-3-5-7-13)20-12(2)17(22)21-16-9-8-14(18)10-15(16)19/h3-12,20H,1-2H3,(H,21,22)/p+1/t11-,12-/m1/s1. The number of hydrogen-bond acceptors (Lipinski definition) is 1. The molecule has 3 N–H and O–H groups in total. The lowest BCUT2D eigenvalue weighted by atomic mass is 10.1. The molecule has 5 heteroatoms. The molecule has 22 heavy (non-hydrogen) atoms. The Hall–Kier alpha value is -1.55. The average Bonchev–Trinajstić information content (AvgIpc) is 2.50. The first-order chi connectivity index (χ1) is 10.5. The van der Waals surface area contributed by atoms with Gasteiger partial charge in [0, 0.05) is 10.6 Å². The highest BCUT2D eigenvalue weighted by Crippen LogP contribution is 2.25. The third kappa shape index (κ3) is 4.47. The maximum atomic E-state index is 12.3. The summed E-state index contributed by atoms with van der Waals surface area (Å²) in [6.45, 7) is 3.95. The number of amides is 1. The van der Waals surface area contributed by atoms with E-state index >= 15 is 0 Å². The Kier molecular flexibility index (Phi) is 5.83. The molecule has 2 aromatic carbocycles. The van der Waals surface area contributed by atoms with Crippen molar-refractivity contribution in [3.63, 3.8) is 0 Å². The molecule has 2 atom stereocenters. The molecule has 0 aromatic heterocycles. The van der Waals surface area contributed by atoms with E-state index in [-0.39, 0.29) is 18.0 Å². The molecule has 0 saturated heterocycles. The largest absolute Gasteiger partial charge is 0.330 e. The zero-order valence-corrected chi connectivity index (χ0v) is 14.0. The van der Waals surface area contributed by atoms with Gasteiger partial charge in [-0.05, 0) is 32.0 Å². The van der Waals surface area contributed by atoms with Gasteiger partial charge in [-0.3, -0.25) is 4.79 Å². The number of anilines is 1. The summed E-state index contributed by atoms with van der Waals surface area (Å²) < 4.78 is 0. The van der Waals surface area contributed by atoms with E-state index in [1.165, 1.54) is 5.56 Å². The average molecular weight is 338 g/mol. The molecule has 2 aromatic rings. The fourth-order valence-electron chi connectivity index (χ4n) is 2.23. The molecule has 0 saturated carbocycles. The molecule has 0 aliphatic carbocycles.